The van der Waals surface area contributed by atoms with Crippen molar-refractivity contribution in [1.82, 2.24) is 0 Å². The molecule has 0 fully saturated rings. The zero-order valence-corrected chi connectivity index (χ0v) is 10.3. The number of hydrogen-bond donors (Lipinski definition) is 0. The van der Waals surface area contributed by atoms with Crippen LogP contribution in [-0.2, 0) is 0 Å². The molecule has 17 heavy (non-hydrogen) atoms. The summed E-state index contributed by atoms with van der Waals surface area (Å²) in [7, 11) is 0. The molecule has 5 heteroatoms. The second-order valence-corrected chi connectivity index (χ2v) is 4.60. The lowest BCUT2D eigenvalue weighted by atomic mass is 9.95. The van der Waals surface area contributed by atoms with Gasteiger partial charge in [0.1, 0.15) is 0 Å². The number of Topliss-reactive ketones (excluding diaryl/α,β-unsaturated/α-hetero) is 1. The van der Waals surface area contributed by atoms with E-state index in [-0.39, 0.29) is 18.2 Å². The molecule has 92 valence electrons. The van der Waals surface area contributed by atoms with Crippen LogP contribution in [0, 0.1) is 16.0 Å². The van der Waals surface area contributed by atoms with E-state index >= 15 is 0 Å². The van der Waals surface area contributed by atoms with Crippen molar-refractivity contribution >= 4 is 17.4 Å². The standard InChI is InChI=1S/C12H14ClNO3/c1-9(7-11(13)8-14(16)17)12(15)10-5-3-2-4-6-10/h2-6,9,11H,7-8H2,1H3. The molecule has 0 aliphatic carbocycles. The van der Waals surface area contributed by atoms with E-state index in [1.165, 1.54) is 0 Å². The van der Waals surface area contributed by atoms with Crippen LogP contribution < -0.4 is 0 Å². The number of halogens is 1. The molecule has 1 rings (SSSR count). The summed E-state index contributed by atoms with van der Waals surface area (Å²) in [6.07, 6.45) is 0.316. The topological polar surface area (TPSA) is 60.2 Å². The highest BCUT2D eigenvalue weighted by atomic mass is 35.5. The first-order valence-corrected chi connectivity index (χ1v) is 5.79. The number of rotatable bonds is 6. The van der Waals surface area contributed by atoms with Gasteiger partial charge in [-0.3, -0.25) is 14.9 Å². The molecule has 0 saturated carbocycles. The normalized spacial score (nSPS) is 14.0. The summed E-state index contributed by atoms with van der Waals surface area (Å²) in [6, 6.07) is 8.87. The van der Waals surface area contributed by atoms with Gasteiger partial charge in [0.15, 0.2) is 5.78 Å². The Morgan fingerprint density at radius 3 is 2.53 bits per heavy atom. The van der Waals surface area contributed by atoms with E-state index in [4.69, 9.17) is 11.6 Å². The van der Waals surface area contributed by atoms with Crippen LogP contribution in [-0.4, -0.2) is 22.6 Å². The van der Waals surface area contributed by atoms with Crippen molar-refractivity contribution in [1.29, 1.82) is 0 Å². The van der Waals surface area contributed by atoms with Gasteiger partial charge in [-0.2, -0.15) is 0 Å². The van der Waals surface area contributed by atoms with Crippen LogP contribution in [0.1, 0.15) is 23.7 Å². The first-order valence-electron chi connectivity index (χ1n) is 5.36. The molecule has 0 amide bonds. The van der Waals surface area contributed by atoms with E-state index in [2.05, 4.69) is 0 Å². The van der Waals surface area contributed by atoms with Gasteiger partial charge in [0.05, 0.1) is 5.38 Å². The molecule has 0 bridgehead atoms. The van der Waals surface area contributed by atoms with Crippen LogP contribution in [0.2, 0.25) is 0 Å². The largest absolute Gasteiger partial charge is 0.294 e. The highest BCUT2D eigenvalue weighted by molar-refractivity contribution is 6.20. The van der Waals surface area contributed by atoms with E-state index < -0.39 is 10.3 Å². The van der Waals surface area contributed by atoms with Crippen molar-refractivity contribution in [3.05, 3.63) is 46.0 Å². The fraction of sp³-hybridized carbons (Fsp3) is 0.417. The van der Waals surface area contributed by atoms with E-state index in [0.717, 1.165) is 0 Å². The van der Waals surface area contributed by atoms with Crippen molar-refractivity contribution in [3.63, 3.8) is 0 Å². The minimum absolute atomic E-state index is 0.0282. The third kappa shape index (κ3) is 4.53. The number of nitrogens with zero attached hydrogens (tertiary/aromatic N) is 1. The molecule has 0 N–H and O–H groups in total. The lowest BCUT2D eigenvalue weighted by Crippen LogP contribution is -2.21. The molecule has 0 radical (unpaired) electrons. The Bertz CT molecular complexity index is 394. The van der Waals surface area contributed by atoms with Crippen molar-refractivity contribution in [3.8, 4) is 0 Å². The summed E-state index contributed by atoms with van der Waals surface area (Å²) >= 11 is 5.81. The average Bonchev–Trinajstić information content (AvgIpc) is 2.28. The molecule has 0 spiro atoms. The summed E-state index contributed by atoms with van der Waals surface area (Å²) in [5.74, 6) is -0.334. The van der Waals surface area contributed by atoms with E-state index in [1.54, 1.807) is 31.2 Å². The third-order valence-corrected chi connectivity index (χ3v) is 2.78. The lowest BCUT2D eigenvalue weighted by molar-refractivity contribution is -0.479. The summed E-state index contributed by atoms with van der Waals surface area (Å²) < 4.78 is 0. The lowest BCUT2D eigenvalue weighted by Gasteiger charge is -2.12. The number of ketones is 1. The third-order valence-electron chi connectivity index (χ3n) is 2.46. The highest BCUT2D eigenvalue weighted by Crippen LogP contribution is 2.17. The van der Waals surface area contributed by atoms with E-state index in [1.807, 2.05) is 6.07 Å². The Morgan fingerprint density at radius 2 is 2.00 bits per heavy atom. The van der Waals surface area contributed by atoms with Crippen molar-refractivity contribution < 1.29 is 9.72 Å². The van der Waals surface area contributed by atoms with Gasteiger partial charge in [-0.1, -0.05) is 37.3 Å². The zero-order chi connectivity index (χ0) is 12.8. The molecular formula is C12H14ClNO3. The SMILES string of the molecule is CC(CC(Cl)C[N+](=O)[O-])C(=O)c1ccccc1. The average molecular weight is 256 g/mol. The Hall–Kier alpha value is -1.42. The summed E-state index contributed by atoms with van der Waals surface area (Å²) in [4.78, 5) is 21.7. The highest BCUT2D eigenvalue weighted by Gasteiger charge is 2.21. The summed E-state index contributed by atoms with van der Waals surface area (Å²) in [6.45, 7) is 1.43. The van der Waals surface area contributed by atoms with Crippen LogP contribution >= 0.6 is 11.6 Å². The monoisotopic (exact) mass is 255 g/mol. The smallest absolute Gasteiger partial charge is 0.220 e. The molecule has 0 aliphatic heterocycles. The fourth-order valence-electron chi connectivity index (χ4n) is 1.61. The number of hydrogen-bond acceptors (Lipinski definition) is 3. The van der Waals surface area contributed by atoms with Crippen molar-refractivity contribution in [2.45, 2.75) is 18.7 Å². The first kappa shape index (κ1) is 13.6. The van der Waals surface area contributed by atoms with Crippen molar-refractivity contribution in [2.75, 3.05) is 6.54 Å². The molecule has 0 saturated heterocycles. The number of benzene rings is 1. The number of nitro groups is 1. The fourth-order valence-corrected chi connectivity index (χ4v) is 1.99. The van der Waals surface area contributed by atoms with Gasteiger partial charge in [-0.15, -0.1) is 11.6 Å². The van der Waals surface area contributed by atoms with Crippen molar-refractivity contribution in [2.24, 2.45) is 5.92 Å². The number of alkyl halides is 1. The van der Waals surface area contributed by atoms with Gasteiger partial charge in [-0.25, -0.2) is 0 Å². The van der Waals surface area contributed by atoms with Crippen LogP contribution in [0.4, 0.5) is 0 Å². The summed E-state index contributed by atoms with van der Waals surface area (Å²) in [5.41, 5.74) is 0.616. The number of carbonyl (C=O) groups excluding carboxylic acids is 1. The van der Waals surface area contributed by atoms with Gasteiger partial charge in [0, 0.05) is 16.4 Å². The zero-order valence-electron chi connectivity index (χ0n) is 9.51. The maximum Gasteiger partial charge on any atom is 0.220 e. The molecule has 2 atom stereocenters. The second-order valence-electron chi connectivity index (χ2n) is 3.98. The van der Waals surface area contributed by atoms with E-state index in [9.17, 15) is 14.9 Å². The second kappa shape index (κ2) is 6.35. The Balaban J connectivity index is 2.56. The number of carbonyl (C=O) groups is 1. The molecule has 0 aliphatic rings. The van der Waals surface area contributed by atoms with Gasteiger partial charge in [0.25, 0.3) is 0 Å². The molecular weight excluding hydrogens is 242 g/mol. The molecule has 4 nitrogen and oxygen atoms in total. The van der Waals surface area contributed by atoms with Crippen LogP contribution in [0.3, 0.4) is 0 Å². The van der Waals surface area contributed by atoms with Gasteiger partial charge >= 0.3 is 0 Å². The Morgan fingerprint density at radius 1 is 1.41 bits per heavy atom. The predicted molar refractivity (Wildman–Crippen MR) is 66.1 cm³/mol. The van der Waals surface area contributed by atoms with Crippen LogP contribution in [0.25, 0.3) is 0 Å². The van der Waals surface area contributed by atoms with Gasteiger partial charge in [-0.05, 0) is 6.42 Å². The van der Waals surface area contributed by atoms with Crippen LogP contribution in [0.15, 0.2) is 30.3 Å². The molecule has 0 heterocycles. The minimum Gasteiger partial charge on any atom is -0.294 e. The quantitative estimate of drug-likeness (QED) is 0.340. The predicted octanol–water partition coefficient (Wildman–Crippen LogP) is 2.78. The maximum absolute atomic E-state index is 11.9. The Labute approximate surface area is 105 Å². The minimum atomic E-state index is -0.604. The molecule has 2 unspecified atom stereocenters. The molecule has 1 aromatic rings. The molecule has 0 aromatic heterocycles. The van der Waals surface area contributed by atoms with Gasteiger partial charge < -0.3 is 0 Å². The van der Waals surface area contributed by atoms with Crippen LogP contribution in [0.5, 0.6) is 0 Å². The summed E-state index contributed by atoms with van der Waals surface area (Å²) in [5, 5.41) is 9.66. The first-order chi connectivity index (χ1) is 8.00. The van der Waals surface area contributed by atoms with Gasteiger partial charge in [0.2, 0.25) is 6.54 Å². The Kier molecular flexibility index (Phi) is 5.10. The maximum atomic E-state index is 11.9. The van der Waals surface area contributed by atoms with E-state index in [0.29, 0.717) is 12.0 Å². The molecule has 1 aromatic carbocycles.